The van der Waals surface area contributed by atoms with E-state index in [-0.39, 0.29) is 6.04 Å². The molecule has 2 heteroatoms. The Morgan fingerprint density at radius 1 is 1.27 bits per heavy atom. The molecule has 0 spiro atoms. The summed E-state index contributed by atoms with van der Waals surface area (Å²) in [5.41, 5.74) is 7.21. The van der Waals surface area contributed by atoms with E-state index in [1.807, 2.05) is 18.7 Å². The van der Waals surface area contributed by atoms with Crippen molar-refractivity contribution in [2.24, 2.45) is 5.73 Å². The van der Waals surface area contributed by atoms with Crippen LogP contribution < -0.4 is 5.73 Å². The van der Waals surface area contributed by atoms with Gasteiger partial charge in [-0.15, -0.1) is 11.8 Å². The zero-order chi connectivity index (χ0) is 11.1. The van der Waals surface area contributed by atoms with Crippen molar-refractivity contribution >= 4 is 11.8 Å². The maximum atomic E-state index is 5.93. The Labute approximate surface area is 97.4 Å². The van der Waals surface area contributed by atoms with Gasteiger partial charge in [-0.3, -0.25) is 0 Å². The zero-order valence-corrected chi connectivity index (χ0v) is 10.5. The van der Waals surface area contributed by atoms with Crippen molar-refractivity contribution in [3.05, 3.63) is 29.8 Å². The van der Waals surface area contributed by atoms with E-state index >= 15 is 0 Å². The van der Waals surface area contributed by atoms with Crippen LogP contribution >= 0.6 is 11.8 Å². The van der Waals surface area contributed by atoms with Gasteiger partial charge in [-0.2, -0.15) is 0 Å². The monoisotopic (exact) mass is 223 g/mol. The zero-order valence-electron chi connectivity index (χ0n) is 9.70. The molecule has 0 fully saturated rings. The highest BCUT2D eigenvalue weighted by Crippen LogP contribution is 2.27. The second-order valence-corrected chi connectivity index (χ2v) is 5.02. The van der Waals surface area contributed by atoms with Gasteiger partial charge in [0.05, 0.1) is 0 Å². The SMILES string of the molecule is CCCCCSc1ccccc1[C@@H](C)N. The van der Waals surface area contributed by atoms with E-state index < -0.39 is 0 Å². The Bertz CT molecular complexity index is 284. The normalized spacial score (nSPS) is 12.7. The Morgan fingerprint density at radius 3 is 2.67 bits per heavy atom. The van der Waals surface area contributed by atoms with Gasteiger partial charge >= 0.3 is 0 Å². The van der Waals surface area contributed by atoms with Crippen molar-refractivity contribution in [3.63, 3.8) is 0 Å². The van der Waals surface area contributed by atoms with Crippen molar-refractivity contribution in [1.29, 1.82) is 0 Å². The standard InChI is InChI=1S/C13H21NS/c1-3-4-7-10-15-13-9-6-5-8-12(13)11(2)14/h5-6,8-9,11H,3-4,7,10,14H2,1-2H3/t11-/m1/s1. The second-order valence-electron chi connectivity index (χ2n) is 3.88. The molecule has 0 aliphatic rings. The fourth-order valence-electron chi connectivity index (χ4n) is 1.52. The summed E-state index contributed by atoms with van der Waals surface area (Å²) in [7, 11) is 0. The van der Waals surface area contributed by atoms with Crippen molar-refractivity contribution in [3.8, 4) is 0 Å². The van der Waals surface area contributed by atoms with Crippen molar-refractivity contribution < 1.29 is 0 Å². The van der Waals surface area contributed by atoms with Crippen molar-refractivity contribution in [2.75, 3.05) is 5.75 Å². The molecule has 0 radical (unpaired) electrons. The largest absolute Gasteiger partial charge is 0.324 e. The number of hydrogen-bond acceptors (Lipinski definition) is 2. The molecule has 1 aromatic carbocycles. The van der Waals surface area contributed by atoms with Gasteiger partial charge in [-0.1, -0.05) is 38.0 Å². The highest BCUT2D eigenvalue weighted by Gasteiger charge is 2.05. The summed E-state index contributed by atoms with van der Waals surface area (Å²) >= 11 is 1.94. The van der Waals surface area contributed by atoms with E-state index in [9.17, 15) is 0 Å². The minimum atomic E-state index is 0.139. The van der Waals surface area contributed by atoms with Gasteiger partial charge in [0.25, 0.3) is 0 Å². The average molecular weight is 223 g/mol. The van der Waals surface area contributed by atoms with Gasteiger partial charge in [0.15, 0.2) is 0 Å². The number of benzene rings is 1. The number of thioether (sulfide) groups is 1. The molecule has 84 valence electrons. The lowest BCUT2D eigenvalue weighted by Gasteiger charge is -2.11. The van der Waals surface area contributed by atoms with E-state index in [2.05, 4.69) is 31.2 Å². The van der Waals surface area contributed by atoms with Crippen LogP contribution in [0.25, 0.3) is 0 Å². The summed E-state index contributed by atoms with van der Waals surface area (Å²) < 4.78 is 0. The Hall–Kier alpha value is -0.470. The molecule has 0 heterocycles. The van der Waals surface area contributed by atoms with Crippen LogP contribution in [0.5, 0.6) is 0 Å². The lowest BCUT2D eigenvalue weighted by atomic mass is 10.1. The Kier molecular flexibility index (Phi) is 5.81. The van der Waals surface area contributed by atoms with Crippen LogP contribution in [0.2, 0.25) is 0 Å². The molecule has 15 heavy (non-hydrogen) atoms. The smallest absolute Gasteiger partial charge is 0.0277 e. The number of rotatable bonds is 6. The first-order chi connectivity index (χ1) is 7.25. The summed E-state index contributed by atoms with van der Waals surface area (Å²) in [6, 6.07) is 8.60. The summed E-state index contributed by atoms with van der Waals surface area (Å²) in [5, 5.41) is 0. The minimum absolute atomic E-state index is 0.139. The highest BCUT2D eigenvalue weighted by atomic mass is 32.2. The maximum absolute atomic E-state index is 5.93. The summed E-state index contributed by atoms with van der Waals surface area (Å²) in [6.45, 7) is 4.28. The summed E-state index contributed by atoms with van der Waals surface area (Å²) in [6.07, 6.45) is 3.91. The molecule has 1 rings (SSSR count). The molecular weight excluding hydrogens is 202 g/mol. The van der Waals surface area contributed by atoms with E-state index in [1.165, 1.54) is 35.5 Å². The minimum Gasteiger partial charge on any atom is -0.324 e. The molecule has 1 nitrogen and oxygen atoms in total. The van der Waals surface area contributed by atoms with Crippen LogP contribution in [0.15, 0.2) is 29.2 Å². The molecule has 0 bridgehead atoms. The molecule has 2 N–H and O–H groups in total. The molecule has 0 aliphatic carbocycles. The maximum Gasteiger partial charge on any atom is 0.0277 e. The molecule has 1 atom stereocenters. The second kappa shape index (κ2) is 6.91. The molecule has 0 amide bonds. The molecule has 0 aromatic heterocycles. The number of nitrogens with two attached hydrogens (primary N) is 1. The third kappa shape index (κ3) is 4.27. The van der Waals surface area contributed by atoms with E-state index in [0.29, 0.717) is 0 Å². The summed E-state index contributed by atoms with van der Waals surface area (Å²) in [4.78, 5) is 1.35. The van der Waals surface area contributed by atoms with Crippen LogP contribution in [0.1, 0.15) is 44.7 Å². The molecule has 0 saturated heterocycles. The van der Waals surface area contributed by atoms with Crippen LogP contribution in [0.4, 0.5) is 0 Å². The third-order valence-electron chi connectivity index (χ3n) is 2.42. The lowest BCUT2D eigenvalue weighted by Crippen LogP contribution is -2.06. The Morgan fingerprint density at radius 2 is 2.00 bits per heavy atom. The van der Waals surface area contributed by atoms with Crippen LogP contribution in [0, 0.1) is 0 Å². The molecule has 0 saturated carbocycles. The first kappa shape index (κ1) is 12.6. The van der Waals surface area contributed by atoms with Gasteiger partial charge in [0.2, 0.25) is 0 Å². The fraction of sp³-hybridized carbons (Fsp3) is 0.538. The predicted molar refractivity (Wildman–Crippen MR) is 69.3 cm³/mol. The van der Waals surface area contributed by atoms with E-state index in [0.717, 1.165) is 0 Å². The summed E-state index contributed by atoms with van der Waals surface area (Å²) in [5.74, 6) is 1.21. The van der Waals surface area contributed by atoms with Gasteiger partial charge in [0, 0.05) is 10.9 Å². The van der Waals surface area contributed by atoms with Crippen LogP contribution in [-0.4, -0.2) is 5.75 Å². The molecular formula is C13H21NS. The van der Waals surface area contributed by atoms with Crippen molar-refractivity contribution in [2.45, 2.75) is 44.0 Å². The number of hydrogen-bond donors (Lipinski definition) is 1. The highest BCUT2D eigenvalue weighted by molar-refractivity contribution is 7.99. The molecule has 0 unspecified atom stereocenters. The van der Waals surface area contributed by atoms with Gasteiger partial charge in [-0.25, -0.2) is 0 Å². The predicted octanol–water partition coefficient (Wildman–Crippen LogP) is 3.99. The third-order valence-corrected chi connectivity index (χ3v) is 3.59. The van der Waals surface area contributed by atoms with Crippen LogP contribution in [0.3, 0.4) is 0 Å². The van der Waals surface area contributed by atoms with Gasteiger partial charge in [0.1, 0.15) is 0 Å². The van der Waals surface area contributed by atoms with Gasteiger partial charge in [-0.05, 0) is 30.7 Å². The van der Waals surface area contributed by atoms with Crippen molar-refractivity contribution in [1.82, 2.24) is 0 Å². The number of unbranched alkanes of at least 4 members (excludes halogenated alkanes) is 2. The topological polar surface area (TPSA) is 26.0 Å². The fourth-order valence-corrected chi connectivity index (χ4v) is 2.69. The Balaban J connectivity index is 2.52. The van der Waals surface area contributed by atoms with E-state index in [1.54, 1.807) is 0 Å². The first-order valence-corrected chi connectivity index (χ1v) is 6.71. The van der Waals surface area contributed by atoms with E-state index in [4.69, 9.17) is 5.73 Å². The average Bonchev–Trinajstić information content (AvgIpc) is 2.25. The van der Waals surface area contributed by atoms with Crippen LogP contribution in [-0.2, 0) is 0 Å². The van der Waals surface area contributed by atoms with Gasteiger partial charge < -0.3 is 5.73 Å². The molecule has 1 aromatic rings. The first-order valence-electron chi connectivity index (χ1n) is 5.73. The lowest BCUT2D eigenvalue weighted by molar-refractivity contribution is 0.776. The molecule has 0 aliphatic heterocycles. The quantitative estimate of drug-likeness (QED) is 0.583.